The number of aromatic nitrogens is 2. The molecule has 23 heavy (non-hydrogen) atoms. The van der Waals surface area contributed by atoms with E-state index in [0.29, 0.717) is 18.0 Å². The third kappa shape index (κ3) is 4.06. The monoisotopic (exact) mass is 310 g/mol. The minimum absolute atomic E-state index is 0.0782. The first-order valence-electron chi connectivity index (χ1n) is 8.09. The van der Waals surface area contributed by atoms with Gasteiger partial charge < -0.3 is 10.2 Å². The Morgan fingerprint density at radius 1 is 1.26 bits per heavy atom. The van der Waals surface area contributed by atoms with E-state index in [1.54, 1.807) is 18.6 Å². The van der Waals surface area contributed by atoms with E-state index in [1.807, 2.05) is 29.3 Å². The molecule has 120 valence electrons. The number of pyridine rings is 2. The van der Waals surface area contributed by atoms with Gasteiger partial charge in [0.2, 0.25) is 0 Å². The minimum Gasteiger partial charge on any atom is -0.380 e. The second-order valence-electron chi connectivity index (χ2n) is 6.15. The van der Waals surface area contributed by atoms with E-state index in [2.05, 4.69) is 22.2 Å². The van der Waals surface area contributed by atoms with E-state index < -0.39 is 0 Å². The van der Waals surface area contributed by atoms with Crippen LogP contribution in [0.2, 0.25) is 0 Å². The Morgan fingerprint density at radius 2 is 2.09 bits per heavy atom. The fourth-order valence-corrected chi connectivity index (χ4v) is 2.75. The molecule has 0 aliphatic carbocycles. The largest absolute Gasteiger partial charge is 0.380 e. The van der Waals surface area contributed by atoms with Crippen molar-refractivity contribution in [3.05, 3.63) is 54.1 Å². The standard InChI is InChI=1S/C18H22N4O/c1-14-4-7-22(8-5-14)18(23)16-9-17(13-20-12-16)21-11-15-3-2-6-19-10-15/h2-3,6,9-10,12-14,21H,4-5,7-8,11H2,1H3. The van der Waals surface area contributed by atoms with Crippen LogP contribution in [0.5, 0.6) is 0 Å². The van der Waals surface area contributed by atoms with Gasteiger partial charge in [-0.25, -0.2) is 0 Å². The summed E-state index contributed by atoms with van der Waals surface area (Å²) in [6.45, 7) is 4.58. The van der Waals surface area contributed by atoms with Crippen LogP contribution < -0.4 is 5.32 Å². The number of carbonyl (C=O) groups is 1. The first kappa shape index (κ1) is 15.5. The Kier molecular flexibility index (Phi) is 4.86. The van der Waals surface area contributed by atoms with Crippen molar-refractivity contribution < 1.29 is 4.79 Å². The summed E-state index contributed by atoms with van der Waals surface area (Å²) in [5.41, 5.74) is 2.59. The fraction of sp³-hybridized carbons (Fsp3) is 0.389. The maximum Gasteiger partial charge on any atom is 0.255 e. The molecular formula is C18H22N4O. The number of anilines is 1. The van der Waals surface area contributed by atoms with Gasteiger partial charge in [-0.15, -0.1) is 0 Å². The SMILES string of the molecule is CC1CCN(C(=O)c2cncc(NCc3cccnc3)c2)CC1. The molecule has 0 spiro atoms. The van der Waals surface area contributed by atoms with Gasteiger partial charge in [0.15, 0.2) is 0 Å². The molecule has 0 unspecified atom stereocenters. The summed E-state index contributed by atoms with van der Waals surface area (Å²) < 4.78 is 0. The van der Waals surface area contributed by atoms with E-state index >= 15 is 0 Å². The molecule has 3 heterocycles. The second-order valence-corrected chi connectivity index (χ2v) is 6.15. The number of likely N-dealkylation sites (tertiary alicyclic amines) is 1. The molecule has 0 atom stereocenters. The Bertz CT molecular complexity index is 651. The summed E-state index contributed by atoms with van der Waals surface area (Å²) in [5.74, 6) is 0.791. The zero-order chi connectivity index (χ0) is 16.1. The molecule has 5 nitrogen and oxygen atoms in total. The summed E-state index contributed by atoms with van der Waals surface area (Å²) in [4.78, 5) is 22.8. The molecule has 3 rings (SSSR count). The van der Waals surface area contributed by atoms with Gasteiger partial charge in [-0.1, -0.05) is 13.0 Å². The van der Waals surface area contributed by atoms with Crippen molar-refractivity contribution >= 4 is 11.6 Å². The molecule has 1 aliphatic rings. The number of nitrogens with one attached hydrogen (secondary N) is 1. The van der Waals surface area contributed by atoms with Gasteiger partial charge in [0.1, 0.15) is 0 Å². The maximum absolute atomic E-state index is 12.6. The van der Waals surface area contributed by atoms with Gasteiger partial charge in [0.25, 0.3) is 5.91 Å². The Morgan fingerprint density at radius 3 is 2.83 bits per heavy atom. The van der Waals surface area contributed by atoms with Gasteiger partial charge in [-0.2, -0.15) is 0 Å². The molecular weight excluding hydrogens is 288 g/mol. The lowest BCUT2D eigenvalue weighted by Crippen LogP contribution is -2.37. The molecule has 0 radical (unpaired) electrons. The normalized spacial score (nSPS) is 15.4. The van der Waals surface area contributed by atoms with E-state index in [1.165, 1.54) is 0 Å². The molecule has 1 N–H and O–H groups in total. The number of piperidine rings is 1. The molecule has 1 aliphatic heterocycles. The van der Waals surface area contributed by atoms with Crippen LogP contribution >= 0.6 is 0 Å². The van der Waals surface area contributed by atoms with Crippen LogP contribution in [0.4, 0.5) is 5.69 Å². The number of amides is 1. The molecule has 1 saturated heterocycles. The average Bonchev–Trinajstić information content (AvgIpc) is 2.61. The number of hydrogen-bond acceptors (Lipinski definition) is 4. The van der Waals surface area contributed by atoms with Crippen molar-refractivity contribution in [1.29, 1.82) is 0 Å². The molecule has 1 amide bonds. The molecule has 0 saturated carbocycles. The van der Waals surface area contributed by atoms with Crippen LogP contribution in [0.25, 0.3) is 0 Å². The summed E-state index contributed by atoms with van der Waals surface area (Å²) in [7, 11) is 0. The van der Waals surface area contributed by atoms with E-state index in [-0.39, 0.29) is 5.91 Å². The van der Waals surface area contributed by atoms with Gasteiger partial charge in [-0.05, 0) is 36.5 Å². The third-order valence-electron chi connectivity index (χ3n) is 4.28. The highest BCUT2D eigenvalue weighted by molar-refractivity contribution is 5.94. The average molecular weight is 310 g/mol. The molecule has 2 aromatic rings. The van der Waals surface area contributed by atoms with Crippen molar-refractivity contribution in [2.75, 3.05) is 18.4 Å². The summed E-state index contributed by atoms with van der Waals surface area (Å²) >= 11 is 0. The second kappa shape index (κ2) is 7.22. The molecule has 0 aromatic carbocycles. The van der Waals surface area contributed by atoms with Crippen molar-refractivity contribution in [3.63, 3.8) is 0 Å². The van der Waals surface area contributed by atoms with Gasteiger partial charge in [0, 0.05) is 44.4 Å². The van der Waals surface area contributed by atoms with Crippen LogP contribution in [0.15, 0.2) is 43.0 Å². The van der Waals surface area contributed by atoms with E-state index in [0.717, 1.165) is 37.2 Å². The van der Waals surface area contributed by atoms with Gasteiger partial charge in [0.05, 0.1) is 11.3 Å². The van der Waals surface area contributed by atoms with Crippen LogP contribution in [-0.4, -0.2) is 33.9 Å². The molecule has 2 aromatic heterocycles. The number of nitrogens with zero attached hydrogens (tertiary/aromatic N) is 3. The van der Waals surface area contributed by atoms with Crippen molar-refractivity contribution in [2.45, 2.75) is 26.3 Å². The molecule has 5 heteroatoms. The zero-order valence-electron chi connectivity index (χ0n) is 13.4. The van der Waals surface area contributed by atoms with Crippen LogP contribution in [0.1, 0.15) is 35.7 Å². The summed E-state index contributed by atoms with van der Waals surface area (Å²) in [6, 6.07) is 5.80. The lowest BCUT2D eigenvalue weighted by molar-refractivity contribution is 0.0697. The zero-order valence-corrected chi connectivity index (χ0v) is 13.4. The maximum atomic E-state index is 12.6. The topological polar surface area (TPSA) is 58.1 Å². The lowest BCUT2D eigenvalue weighted by Gasteiger charge is -2.30. The van der Waals surface area contributed by atoms with Crippen molar-refractivity contribution in [1.82, 2.24) is 14.9 Å². The Balaban J connectivity index is 1.64. The van der Waals surface area contributed by atoms with Crippen LogP contribution in [0, 0.1) is 5.92 Å². The quantitative estimate of drug-likeness (QED) is 0.943. The minimum atomic E-state index is 0.0782. The van der Waals surface area contributed by atoms with Crippen molar-refractivity contribution in [3.8, 4) is 0 Å². The molecule has 1 fully saturated rings. The van der Waals surface area contributed by atoms with Crippen LogP contribution in [-0.2, 0) is 6.54 Å². The Hall–Kier alpha value is -2.43. The summed E-state index contributed by atoms with van der Waals surface area (Å²) in [5, 5.41) is 3.29. The van der Waals surface area contributed by atoms with Gasteiger partial charge >= 0.3 is 0 Å². The first-order chi connectivity index (χ1) is 11.2. The van der Waals surface area contributed by atoms with E-state index in [4.69, 9.17) is 0 Å². The number of carbonyl (C=O) groups excluding carboxylic acids is 1. The summed E-state index contributed by atoms with van der Waals surface area (Å²) in [6.07, 6.45) is 9.13. The lowest BCUT2D eigenvalue weighted by atomic mass is 9.99. The highest BCUT2D eigenvalue weighted by atomic mass is 16.2. The third-order valence-corrected chi connectivity index (χ3v) is 4.28. The highest BCUT2D eigenvalue weighted by Gasteiger charge is 2.21. The van der Waals surface area contributed by atoms with Crippen LogP contribution in [0.3, 0.4) is 0 Å². The Labute approximate surface area is 136 Å². The first-order valence-corrected chi connectivity index (χ1v) is 8.09. The van der Waals surface area contributed by atoms with Crippen molar-refractivity contribution in [2.24, 2.45) is 5.92 Å². The number of rotatable bonds is 4. The predicted octanol–water partition coefficient (Wildman–Crippen LogP) is 2.96. The smallest absolute Gasteiger partial charge is 0.255 e. The molecule has 0 bridgehead atoms. The van der Waals surface area contributed by atoms with E-state index in [9.17, 15) is 4.79 Å². The predicted molar refractivity (Wildman–Crippen MR) is 90.1 cm³/mol. The highest BCUT2D eigenvalue weighted by Crippen LogP contribution is 2.19. The fourth-order valence-electron chi connectivity index (χ4n) is 2.75. The van der Waals surface area contributed by atoms with Gasteiger partial charge in [-0.3, -0.25) is 14.8 Å². The number of hydrogen-bond donors (Lipinski definition) is 1.